The number of carbonyl (C=O) groups excluding carboxylic acids is 1. The van der Waals surface area contributed by atoms with Crippen LogP contribution in [0.2, 0.25) is 0 Å². The second-order valence-electron chi connectivity index (χ2n) is 10.4. The molecule has 1 aliphatic carbocycles. The number of rotatable bonds is 7. The minimum Gasteiger partial charge on any atom is -0.350 e. The number of hydrogen-bond donors (Lipinski definition) is 1. The highest BCUT2D eigenvalue weighted by molar-refractivity contribution is 5.91. The molecule has 168 valence electrons. The molecule has 1 saturated heterocycles. The molecule has 0 spiro atoms. The highest BCUT2D eigenvalue weighted by atomic mass is 16.2. The topological polar surface area (TPSA) is 44.7 Å². The summed E-state index contributed by atoms with van der Waals surface area (Å²) < 4.78 is 0. The molecule has 1 N–H and O–H groups in total. The molecule has 4 nitrogen and oxygen atoms in total. The number of likely N-dealkylation sites (tertiary alicyclic amines) is 1. The fourth-order valence-corrected chi connectivity index (χ4v) is 6.46. The molecule has 4 heteroatoms. The fourth-order valence-electron chi connectivity index (χ4n) is 6.46. The van der Waals surface area contributed by atoms with Gasteiger partial charge in [-0.2, -0.15) is 0 Å². The summed E-state index contributed by atoms with van der Waals surface area (Å²) in [4.78, 5) is 21.5. The first kappa shape index (κ1) is 21.4. The lowest BCUT2D eigenvalue weighted by atomic mass is 9.54. The predicted molar refractivity (Wildman–Crippen MR) is 129 cm³/mol. The summed E-state index contributed by atoms with van der Waals surface area (Å²) in [6.45, 7) is 7.20. The van der Waals surface area contributed by atoms with Crippen LogP contribution in [0.5, 0.6) is 0 Å². The fraction of sp³-hybridized carbons (Fsp3) is 0.500. The van der Waals surface area contributed by atoms with Crippen molar-refractivity contribution in [2.45, 2.75) is 57.8 Å². The van der Waals surface area contributed by atoms with Gasteiger partial charge in [-0.25, -0.2) is 0 Å². The Bertz CT molecular complexity index is 957. The highest BCUT2D eigenvalue weighted by Gasteiger charge is 2.61. The van der Waals surface area contributed by atoms with Crippen LogP contribution in [0.25, 0.3) is 0 Å². The van der Waals surface area contributed by atoms with Crippen molar-refractivity contribution in [1.29, 1.82) is 0 Å². The Morgan fingerprint density at radius 3 is 2.47 bits per heavy atom. The van der Waals surface area contributed by atoms with Gasteiger partial charge in [0.1, 0.15) is 5.54 Å². The van der Waals surface area contributed by atoms with Gasteiger partial charge in [-0.1, -0.05) is 74.5 Å². The minimum absolute atomic E-state index is 0.123. The first-order chi connectivity index (χ1) is 15.6. The van der Waals surface area contributed by atoms with Crippen molar-refractivity contribution in [1.82, 2.24) is 10.2 Å². The molecule has 4 bridgehead atoms. The maximum absolute atomic E-state index is 13.8. The van der Waals surface area contributed by atoms with E-state index in [0.29, 0.717) is 30.3 Å². The lowest BCUT2D eigenvalue weighted by molar-refractivity contribution is -0.139. The van der Waals surface area contributed by atoms with E-state index in [4.69, 9.17) is 4.99 Å². The lowest BCUT2D eigenvalue weighted by Crippen LogP contribution is -2.70. The van der Waals surface area contributed by atoms with Crippen molar-refractivity contribution in [3.63, 3.8) is 0 Å². The molecule has 2 aromatic rings. The Labute approximate surface area is 192 Å². The molecule has 0 aromatic heterocycles. The van der Waals surface area contributed by atoms with E-state index in [1.165, 1.54) is 5.56 Å². The van der Waals surface area contributed by atoms with E-state index in [1.54, 1.807) is 0 Å². The van der Waals surface area contributed by atoms with Crippen molar-refractivity contribution in [2.24, 2.45) is 28.7 Å². The number of carbonyl (C=O) groups is 1. The summed E-state index contributed by atoms with van der Waals surface area (Å²) in [5, 5.41) is 3.27. The largest absolute Gasteiger partial charge is 0.350 e. The molecule has 2 fully saturated rings. The van der Waals surface area contributed by atoms with Crippen LogP contribution in [0.4, 0.5) is 0 Å². The second-order valence-corrected chi connectivity index (χ2v) is 10.4. The van der Waals surface area contributed by atoms with Gasteiger partial charge in [-0.05, 0) is 48.8 Å². The Kier molecular flexibility index (Phi) is 5.90. The maximum Gasteiger partial charge on any atom is 0.248 e. The van der Waals surface area contributed by atoms with Crippen molar-refractivity contribution in [3.8, 4) is 0 Å². The van der Waals surface area contributed by atoms with Gasteiger partial charge < -0.3 is 5.32 Å². The summed E-state index contributed by atoms with van der Waals surface area (Å²) in [5.41, 5.74) is 1.87. The Morgan fingerprint density at radius 2 is 1.78 bits per heavy atom. The number of aliphatic imine (C=N–C) groups is 1. The molecule has 1 saturated carbocycles. The summed E-state index contributed by atoms with van der Waals surface area (Å²) in [6.07, 6.45) is 5.26. The Morgan fingerprint density at radius 1 is 1.09 bits per heavy atom. The van der Waals surface area contributed by atoms with Crippen LogP contribution in [0, 0.1) is 23.7 Å². The third-order valence-electron chi connectivity index (χ3n) is 7.87. The van der Waals surface area contributed by atoms with Crippen LogP contribution in [-0.2, 0) is 17.9 Å². The third-order valence-corrected chi connectivity index (χ3v) is 7.87. The van der Waals surface area contributed by atoms with Crippen LogP contribution < -0.4 is 5.32 Å². The van der Waals surface area contributed by atoms with E-state index in [-0.39, 0.29) is 11.8 Å². The number of hydrogen-bond acceptors (Lipinski definition) is 3. The monoisotopic (exact) mass is 429 g/mol. The van der Waals surface area contributed by atoms with E-state index < -0.39 is 5.54 Å². The number of benzene rings is 2. The zero-order chi connectivity index (χ0) is 22.1. The highest BCUT2D eigenvalue weighted by Crippen LogP contribution is 2.54. The number of nitrogens with one attached hydrogen (secondary N) is 1. The summed E-state index contributed by atoms with van der Waals surface area (Å²) in [6, 6.07) is 21.4. The predicted octanol–water partition coefficient (Wildman–Crippen LogP) is 4.70. The Hall–Kier alpha value is -2.46. The lowest BCUT2D eigenvalue weighted by Gasteiger charge is -2.60. The first-order valence-electron chi connectivity index (χ1n) is 12.2. The summed E-state index contributed by atoms with van der Waals surface area (Å²) in [5.74, 6) is 1.95. The molecule has 0 radical (unpaired) electrons. The maximum atomic E-state index is 13.8. The van der Waals surface area contributed by atoms with Gasteiger partial charge in [0.2, 0.25) is 5.91 Å². The van der Waals surface area contributed by atoms with Gasteiger partial charge in [-0.3, -0.25) is 14.7 Å². The average Bonchev–Trinajstić information content (AvgIpc) is 2.82. The minimum atomic E-state index is -0.626. The third kappa shape index (κ3) is 3.90. The van der Waals surface area contributed by atoms with Gasteiger partial charge >= 0.3 is 0 Å². The molecule has 5 unspecified atom stereocenters. The van der Waals surface area contributed by atoms with Crippen LogP contribution in [0.3, 0.4) is 0 Å². The van der Waals surface area contributed by atoms with Gasteiger partial charge in [0.15, 0.2) is 0 Å². The average molecular weight is 430 g/mol. The van der Waals surface area contributed by atoms with Crippen LogP contribution in [0.15, 0.2) is 65.7 Å². The van der Waals surface area contributed by atoms with E-state index in [9.17, 15) is 4.79 Å². The number of piperidine rings is 1. The molecular formula is C28H35N3O. The van der Waals surface area contributed by atoms with E-state index in [2.05, 4.69) is 72.7 Å². The van der Waals surface area contributed by atoms with Gasteiger partial charge in [0, 0.05) is 37.2 Å². The SMILES string of the molecule is CC(C)CC1C2C3C=NC1(C(=O)NCc1ccccc1)CC3CCN2Cc1ccccc1. The standard InChI is InChI=1S/C28H35N3O/c1-20(2)15-25-26-24-18-30-28(25,27(32)29-17-21-9-5-3-6-10-21)16-23(24)13-14-31(26)19-22-11-7-4-8-12-22/h3-12,18,20,23-26H,13-17,19H2,1-2H3,(H,29,32). The molecule has 3 aliphatic heterocycles. The zero-order valence-corrected chi connectivity index (χ0v) is 19.3. The van der Waals surface area contributed by atoms with Crippen molar-refractivity contribution in [3.05, 3.63) is 71.8 Å². The number of amides is 1. The van der Waals surface area contributed by atoms with Crippen molar-refractivity contribution >= 4 is 12.1 Å². The van der Waals surface area contributed by atoms with Crippen LogP contribution in [-0.4, -0.2) is 35.1 Å². The molecule has 2 aromatic carbocycles. The van der Waals surface area contributed by atoms with Crippen molar-refractivity contribution in [2.75, 3.05) is 6.54 Å². The quantitative estimate of drug-likeness (QED) is 0.693. The molecule has 6 rings (SSSR count). The summed E-state index contributed by atoms with van der Waals surface area (Å²) in [7, 11) is 0. The normalized spacial score (nSPS) is 31.1. The zero-order valence-electron chi connectivity index (χ0n) is 19.3. The van der Waals surface area contributed by atoms with E-state index in [0.717, 1.165) is 37.9 Å². The van der Waals surface area contributed by atoms with Gasteiger partial charge in [-0.15, -0.1) is 0 Å². The van der Waals surface area contributed by atoms with E-state index in [1.807, 2.05) is 18.2 Å². The smallest absolute Gasteiger partial charge is 0.248 e. The molecule has 5 atom stereocenters. The van der Waals surface area contributed by atoms with Gasteiger partial charge in [0.25, 0.3) is 0 Å². The first-order valence-corrected chi connectivity index (χ1v) is 12.2. The molecule has 4 aliphatic rings. The Balaban J connectivity index is 1.43. The molecule has 32 heavy (non-hydrogen) atoms. The summed E-state index contributed by atoms with van der Waals surface area (Å²) >= 11 is 0. The molecular weight excluding hydrogens is 394 g/mol. The van der Waals surface area contributed by atoms with Crippen LogP contribution in [0.1, 0.15) is 44.2 Å². The van der Waals surface area contributed by atoms with Crippen LogP contribution >= 0.6 is 0 Å². The molecule has 3 heterocycles. The molecule has 1 amide bonds. The van der Waals surface area contributed by atoms with E-state index >= 15 is 0 Å². The van der Waals surface area contributed by atoms with Crippen molar-refractivity contribution < 1.29 is 4.79 Å². The number of nitrogens with zero attached hydrogens (tertiary/aromatic N) is 2. The second kappa shape index (κ2) is 8.82. The van der Waals surface area contributed by atoms with Gasteiger partial charge in [0.05, 0.1) is 0 Å².